The van der Waals surface area contributed by atoms with Crippen LogP contribution in [0.4, 0.5) is 10.8 Å². The minimum atomic E-state index is -1.27. The number of thiazole rings is 1. The minimum Gasteiger partial charge on any atom is -0.493 e. The van der Waals surface area contributed by atoms with Gasteiger partial charge >= 0.3 is 5.97 Å². The zero-order valence-electron chi connectivity index (χ0n) is 17.8. The highest BCUT2D eigenvalue weighted by Gasteiger charge is 2.24. The summed E-state index contributed by atoms with van der Waals surface area (Å²) in [6.45, 7) is 0. The second kappa shape index (κ2) is 9.25. The average Bonchev–Trinajstić information content (AvgIpc) is 3.24. The molecule has 10 nitrogen and oxygen atoms in total. The van der Waals surface area contributed by atoms with E-state index in [1.54, 1.807) is 20.3 Å². The molecule has 1 aliphatic rings. The van der Waals surface area contributed by atoms with E-state index in [0.29, 0.717) is 16.6 Å². The van der Waals surface area contributed by atoms with Crippen LogP contribution in [0.2, 0.25) is 0 Å². The number of fused-ring (bicyclic) bond motifs is 3. The smallest absolute Gasteiger partial charge is 0.352 e. The number of nitro benzene ring substituents is 1. The zero-order valence-corrected chi connectivity index (χ0v) is 18.6. The lowest BCUT2D eigenvalue weighted by molar-refractivity contribution is -0.385. The van der Waals surface area contributed by atoms with E-state index < -0.39 is 10.9 Å². The maximum Gasteiger partial charge on any atom is 0.352 e. The number of hydrogen-bond donors (Lipinski definition) is 2. The number of carboxylic acids is 1. The fraction of sp³-hybridized carbons (Fsp3) is 0.227. The van der Waals surface area contributed by atoms with Crippen molar-refractivity contribution in [2.24, 2.45) is 5.10 Å². The Kier molecular flexibility index (Phi) is 6.22. The standard InChI is InChI=1S/C22H20N4O6S/c1-31-17-10-12-7-8-19-20(14(12)11-18(17)32-2)23-22(33-19)25-24-15(21(27)28)9-13-5-3-4-6-16(13)26(29)30/h3-6,10-11H,7-9H2,1-2H3,(H,23,25)(H,27,28)/b24-15-. The summed E-state index contributed by atoms with van der Waals surface area (Å²) < 4.78 is 10.8. The fourth-order valence-electron chi connectivity index (χ4n) is 3.67. The number of benzene rings is 2. The van der Waals surface area contributed by atoms with Crippen LogP contribution in [-0.2, 0) is 24.1 Å². The molecule has 0 atom stereocenters. The summed E-state index contributed by atoms with van der Waals surface area (Å²) in [5.41, 5.74) is 5.38. The molecule has 11 heteroatoms. The Morgan fingerprint density at radius 1 is 1.24 bits per heavy atom. The zero-order chi connectivity index (χ0) is 23.5. The largest absolute Gasteiger partial charge is 0.493 e. The summed E-state index contributed by atoms with van der Waals surface area (Å²) in [6, 6.07) is 9.81. The molecule has 4 rings (SSSR count). The second-order valence-electron chi connectivity index (χ2n) is 7.19. The topological polar surface area (TPSA) is 136 Å². The maximum absolute atomic E-state index is 11.7. The summed E-state index contributed by atoms with van der Waals surface area (Å²) in [7, 11) is 3.16. The first-order valence-electron chi connectivity index (χ1n) is 9.94. The highest BCUT2D eigenvalue weighted by molar-refractivity contribution is 7.16. The Morgan fingerprint density at radius 2 is 1.97 bits per heavy atom. The first-order valence-corrected chi connectivity index (χ1v) is 10.8. The molecule has 0 amide bonds. The van der Waals surface area contributed by atoms with Crippen LogP contribution in [-0.4, -0.2) is 40.9 Å². The van der Waals surface area contributed by atoms with Gasteiger partial charge in [-0.2, -0.15) is 5.10 Å². The summed E-state index contributed by atoms with van der Waals surface area (Å²) in [5.74, 6) is -0.0228. The monoisotopic (exact) mass is 468 g/mol. The van der Waals surface area contributed by atoms with Gasteiger partial charge in [0.25, 0.3) is 5.69 Å². The van der Waals surface area contributed by atoms with Crippen LogP contribution in [0, 0.1) is 10.1 Å². The van der Waals surface area contributed by atoms with Crippen molar-refractivity contribution in [1.82, 2.24) is 4.98 Å². The lowest BCUT2D eigenvalue weighted by Gasteiger charge is -2.18. The van der Waals surface area contributed by atoms with Gasteiger partial charge in [0.2, 0.25) is 5.13 Å². The fourth-order valence-corrected chi connectivity index (χ4v) is 4.59. The molecule has 3 aromatic rings. The number of para-hydroxylation sites is 1. The van der Waals surface area contributed by atoms with Crippen LogP contribution in [0.3, 0.4) is 0 Å². The normalized spacial score (nSPS) is 12.5. The summed E-state index contributed by atoms with van der Waals surface area (Å²) in [6.07, 6.45) is 1.39. The molecule has 0 unspecified atom stereocenters. The van der Waals surface area contributed by atoms with Crippen LogP contribution in [0.1, 0.15) is 16.0 Å². The van der Waals surface area contributed by atoms with Gasteiger partial charge in [0.1, 0.15) is 5.71 Å². The van der Waals surface area contributed by atoms with Crippen LogP contribution in [0.5, 0.6) is 11.5 Å². The van der Waals surface area contributed by atoms with E-state index in [0.717, 1.165) is 34.5 Å². The number of nitrogens with one attached hydrogen (secondary N) is 1. The molecular formula is C22H20N4O6S. The van der Waals surface area contributed by atoms with Crippen LogP contribution < -0.4 is 14.9 Å². The number of aryl methyl sites for hydroxylation is 2. The van der Waals surface area contributed by atoms with Gasteiger partial charge in [-0.25, -0.2) is 9.78 Å². The molecule has 0 bridgehead atoms. The van der Waals surface area contributed by atoms with Crippen molar-refractivity contribution < 1.29 is 24.3 Å². The van der Waals surface area contributed by atoms with Crippen molar-refractivity contribution in [3.05, 3.63) is 62.5 Å². The molecule has 0 fully saturated rings. The Bertz CT molecular complexity index is 1270. The van der Waals surface area contributed by atoms with Crippen molar-refractivity contribution in [1.29, 1.82) is 0 Å². The van der Waals surface area contributed by atoms with E-state index in [1.165, 1.54) is 29.5 Å². The molecule has 0 aliphatic heterocycles. The van der Waals surface area contributed by atoms with Crippen molar-refractivity contribution in [2.45, 2.75) is 19.3 Å². The quantitative estimate of drug-likeness (QED) is 0.288. The van der Waals surface area contributed by atoms with Crippen LogP contribution in [0.25, 0.3) is 11.3 Å². The third-order valence-corrected chi connectivity index (χ3v) is 6.28. The number of nitro groups is 1. The molecule has 1 aromatic heterocycles. The molecule has 0 saturated carbocycles. The van der Waals surface area contributed by atoms with E-state index in [-0.39, 0.29) is 23.4 Å². The first-order chi connectivity index (χ1) is 15.9. The van der Waals surface area contributed by atoms with Gasteiger partial charge in [-0.1, -0.05) is 29.5 Å². The van der Waals surface area contributed by atoms with Gasteiger partial charge in [-0.05, 0) is 30.5 Å². The molecular weight excluding hydrogens is 448 g/mol. The number of hydrazone groups is 1. The molecule has 1 aliphatic carbocycles. The summed E-state index contributed by atoms with van der Waals surface area (Å²) >= 11 is 1.39. The molecule has 33 heavy (non-hydrogen) atoms. The Balaban J connectivity index is 1.61. The van der Waals surface area contributed by atoms with Gasteiger partial charge < -0.3 is 14.6 Å². The van der Waals surface area contributed by atoms with E-state index in [4.69, 9.17) is 9.47 Å². The molecule has 0 spiro atoms. The number of aliphatic carboxylic acids is 1. The number of carbonyl (C=O) groups is 1. The third-order valence-electron chi connectivity index (χ3n) is 5.26. The molecule has 1 heterocycles. The van der Waals surface area contributed by atoms with E-state index in [2.05, 4.69) is 15.5 Å². The molecule has 2 N–H and O–H groups in total. The van der Waals surface area contributed by atoms with Gasteiger partial charge in [0.05, 0.1) is 24.8 Å². The lowest BCUT2D eigenvalue weighted by Crippen LogP contribution is -2.18. The maximum atomic E-state index is 11.7. The van der Waals surface area contributed by atoms with E-state index >= 15 is 0 Å². The van der Waals surface area contributed by atoms with Crippen molar-refractivity contribution >= 4 is 33.8 Å². The molecule has 0 saturated heterocycles. The van der Waals surface area contributed by atoms with Gasteiger partial charge in [0.15, 0.2) is 11.5 Å². The number of ether oxygens (including phenoxy) is 2. The number of aromatic nitrogens is 1. The van der Waals surface area contributed by atoms with Crippen molar-refractivity contribution in [3.63, 3.8) is 0 Å². The minimum absolute atomic E-state index is 0.155. The Morgan fingerprint density at radius 3 is 2.67 bits per heavy atom. The highest BCUT2D eigenvalue weighted by atomic mass is 32.1. The van der Waals surface area contributed by atoms with E-state index in [1.807, 2.05) is 12.1 Å². The average molecular weight is 468 g/mol. The third kappa shape index (κ3) is 4.48. The second-order valence-corrected chi connectivity index (χ2v) is 8.28. The van der Waals surface area contributed by atoms with Gasteiger partial charge in [-0.3, -0.25) is 15.5 Å². The molecule has 2 aromatic carbocycles. The Hall–Kier alpha value is -3.99. The van der Waals surface area contributed by atoms with E-state index in [9.17, 15) is 20.0 Å². The number of carboxylic acid groups (broad SMARTS) is 1. The lowest BCUT2D eigenvalue weighted by atomic mass is 9.93. The summed E-state index contributed by atoms with van der Waals surface area (Å²) in [5, 5.41) is 25.2. The summed E-state index contributed by atoms with van der Waals surface area (Å²) in [4.78, 5) is 28.1. The van der Waals surface area contributed by atoms with Crippen LogP contribution >= 0.6 is 11.3 Å². The molecule has 0 radical (unpaired) electrons. The number of anilines is 1. The molecule has 170 valence electrons. The first kappa shape index (κ1) is 22.2. The number of methoxy groups -OCH3 is 2. The van der Waals surface area contributed by atoms with Gasteiger partial charge in [-0.15, -0.1) is 0 Å². The van der Waals surface area contributed by atoms with Crippen LogP contribution in [0.15, 0.2) is 41.5 Å². The van der Waals surface area contributed by atoms with Crippen molar-refractivity contribution in [3.8, 4) is 22.8 Å². The van der Waals surface area contributed by atoms with Gasteiger partial charge in [0, 0.05) is 28.5 Å². The highest BCUT2D eigenvalue weighted by Crippen LogP contribution is 2.42. The number of rotatable bonds is 8. The predicted octanol–water partition coefficient (Wildman–Crippen LogP) is 3.93. The Labute approximate surface area is 192 Å². The predicted molar refractivity (Wildman–Crippen MR) is 124 cm³/mol. The number of hydrogen-bond acceptors (Lipinski definition) is 9. The number of nitrogens with zero attached hydrogens (tertiary/aromatic N) is 3. The SMILES string of the molecule is COc1cc2c(cc1OC)-c1nc(N/N=C(/Cc3ccccc3[N+](=O)[O-])C(=O)O)sc1CC2. The van der Waals surface area contributed by atoms with Crippen molar-refractivity contribution in [2.75, 3.05) is 19.6 Å².